The van der Waals surface area contributed by atoms with Crippen LogP contribution in [0.5, 0.6) is 5.75 Å². The molecule has 0 aromatic heterocycles. The molecule has 0 saturated heterocycles. The summed E-state index contributed by atoms with van der Waals surface area (Å²) in [5.41, 5.74) is 0.297. The molecule has 9 heteroatoms. The van der Waals surface area contributed by atoms with Crippen molar-refractivity contribution in [2.75, 3.05) is 29.0 Å². The Balaban J connectivity index is 2.15. The number of carbonyl (C=O) groups excluding carboxylic acids is 1. The van der Waals surface area contributed by atoms with Crippen LogP contribution in [0.25, 0.3) is 0 Å². The van der Waals surface area contributed by atoms with E-state index in [0.717, 1.165) is 24.5 Å². The van der Waals surface area contributed by atoms with Gasteiger partial charge >= 0.3 is 0 Å². The minimum absolute atomic E-state index is 0.145. The van der Waals surface area contributed by atoms with Crippen molar-refractivity contribution in [2.24, 2.45) is 0 Å². The zero-order chi connectivity index (χ0) is 19.3. The predicted octanol–water partition coefficient (Wildman–Crippen LogP) is 2.77. The van der Waals surface area contributed by atoms with Gasteiger partial charge in [0, 0.05) is 11.8 Å². The molecule has 1 amide bonds. The number of anilines is 2. The number of carbonyl (C=O) groups is 1. The molecule has 140 valence electrons. The van der Waals surface area contributed by atoms with Crippen molar-refractivity contribution >= 4 is 27.3 Å². The minimum Gasteiger partial charge on any atom is -0.494 e. The second-order valence-corrected chi connectivity index (χ2v) is 7.28. The zero-order valence-electron chi connectivity index (χ0n) is 14.2. The summed E-state index contributed by atoms with van der Waals surface area (Å²) >= 11 is 0. The van der Waals surface area contributed by atoms with Gasteiger partial charge in [-0.2, -0.15) is 0 Å². The quantitative estimate of drug-likeness (QED) is 0.797. The lowest BCUT2D eigenvalue weighted by atomic mass is 10.3. The van der Waals surface area contributed by atoms with E-state index in [1.54, 1.807) is 24.3 Å². The van der Waals surface area contributed by atoms with Crippen LogP contribution >= 0.6 is 0 Å². The van der Waals surface area contributed by atoms with Gasteiger partial charge in [0.05, 0.1) is 18.6 Å². The maximum absolute atomic E-state index is 13.4. The Kier molecular flexibility index (Phi) is 6.14. The zero-order valence-corrected chi connectivity index (χ0v) is 15.0. The van der Waals surface area contributed by atoms with Gasteiger partial charge < -0.3 is 10.1 Å². The van der Waals surface area contributed by atoms with E-state index in [0.29, 0.717) is 22.3 Å². The SMILES string of the molecule is CCOc1ccc(NC(=O)CN(c2ccc(F)c(F)c2)S(C)(=O)=O)cc1. The highest BCUT2D eigenvalue weighted by molar-refractivity contribution is 7.92. The molecule has 0 bridgehead atoms. The molecule has 1 N–H and O–H groups in total. The van der Waals surface area contributed by atoms with Gasteiger partial charge in [-0.15, -0.1) is 0 Å². The summed E-state index contributed by atoms with van der Waals surface area (Å²) in [4.78, 5) is 12.2. The summed E-state index contributed by atoms with van der Waals surface area (Å²) in [5, 5.41) is 2.54. The molecular weight excluding hydrogens is 366 g/mol. The average Bonchev–Trinajstić information content (AvgIpc) is 2.56. The Morgan fingerprint density at radius 2 is 1.77 bits per heavy atom. The predicted molar refractivity (Wildman–Crippen MR) is 94.8 cm³/mol. The van der Waals surface area contributed by atoms with Crippen molar-refractivity contribution in [3.05, 3.63) is 54.1 Å². The van der Waals surface area contributed by atoms with E-state index in [-0.39, 0.29) is 5.69 Å². The molecule has 0 spiro atoms. The van der Waals surface area contributed by atoms with Crippen LogP contribution in [-0.4, -0.2) is 33.7 Å². The number of benzene rings is 2. The van der Waals surface area contributed by atoms with Crippen LogP contribution < -0.4 is 14.4 Å². The van der Waals surface area contributed by atoms with Crippen molar-refractivity contribution in [1.29, 1.82) is 0 Å². The van der Waals surface area contributed by atoms with E-state index in [4.69, 9.17) is 4.74 Å². The largest absolute Gasteiger partial charge is 0.494 e. The van der Waals surface area contributed by atoms with Crippen LogP contribution in [0.2, 0.25) is 0 Å². The molecular formula is C17H18F2N2O4S. The first-order chi connectivity index (χ1) is 12.2. The van der Waals surface area contributed by atoms with Gasteiger partial charge in [0.1, 0.15) is 12.3 Å². The van der Waals surface area contributed by atoms with Gasteiger partial charge in [-0.05, 0) is 43.3 Å². The number of hydrogen-bond donors (Lipinski definition) is 1. The lowest BCUT2D eigenvalue weighted by Crippen LogP contribution is -2.37. The number of ether oxygens (including phenoxy) is 1. The van der Waals surface area contributed by atoms with Crippen LogP contribution in [0, 0.1) is 11.6 Å². The van der Waals surface area contributed by atoms with Crippen molar-refractivity contribution in [3.8, 4) is 5.75 Å². The normalized spacial score (nSPS) is 11.1. The Hall–Kier alpha value is -2.68. The Bertz CT molecular complexity index is 886. The molecule has 0 unspecified atom stereocenters. The third kappa shape index (κ3) is 5.16. The monoisotopic (exact) mass is 384 g/mol. The number of amides is 1. The van der Waals surface area contributed by atoms with Gasteiger partial charge in [0.2, 0.25) is 15.9 Å². The second-order valence-electron chi connectivity index (χ2n) is 5.37. The standard InChI is InChI=1S/C17H18F2N2O4S/c1-3-25-14-7-4-12(5-8-14)20-17(22)11-21(26(2,23)24)13-6-9-15(18)16(19)10-13/h4-10H,3,11H2,1-2H3,(H,20,22). The average molecular weight is 384 g/mol. The third-order valence-corrected chi connectivity index (χ3v) is 4.47. The summed E-state index contributed by atoms with van der Waals surface area (Å²) in [6.45, 7) is 1.76. The molecule has 0 aliphatic carbocycles. The van der Waals surface area contributed by atoms with E-state index in [9.17, 15) is 22.0 Å². The van der Waals surface area contributed by atoms with Crippen molar-refractivity contribution in [2.45, 2.75) is 6.92 Å². The molecule has 2 aromatic carbocycles. The first-order valence-corrected chi connectivity index (χ1v) is 9.51. The number of hydrogen-bond acceptors (Lipinski definition) is 4. The topological polar surface area (TPSA) is 75.7 Å². The molecule has 0 atom stereocenters. The second kappa shape index (κ2) is 8.13. The fraction of sp³-hybridized carbons (Fsp3) is 0.235. The summed E-state index contributed by atoms with van der Waals surface area (Å²) in [6.07, 6.45) is 0.873. The van der Waals surface area contributed by atoms with Crippen LogP contribution in [0.3, 0.4) is 0 Å². The molecule has 0 fully saturated rings. The van der Waals surface area contributed by atoms with Crippen molar-refractivity contribution < 1.29 is 26.7 Å². The van der Waals surface area contributed by atoms with Crippen LogP contribution in [0.1, 0.15) is 6.92 Å². The van der Waals surface area contributed by atoms with Gasteiger partial charge in [0.15, 0.2) is 11.6 Å². The maximum Gasteiger partial charge on any atom is 0.245 e. The van der Waals surface area contributed by atoms with Crippen molar-refractivity contribution in [1.82, 2.24) is 0 Å². The van der Waals surface area contributed by atoms with Crippen LogP contribution in [-0.2, 0) is 14.8 Å². The van der Waals surface area contributed by atoms with E-state index < -0.39 is 34.1 Å². The summed E-state index contributed by atoms with van der Waals surface area (Å²) in [6, 6.07) is 9.12. The van der Waals surface area contributed by atoms with E-state index in [1.165, 1.54) is 0 Å². The Labute approximate surface area is 150 Å². The molecule has 2 rings (SSSR count). The van der Waals surface area contributed by atoms with E-state index >= 15 is 0 Å². The minimum atomic E-state index is -3.89. The fourth-order valence-electron chi connectivity index (χ4n) is 2.17. The van der Waals surface area contributed by atoms with Gasteiger partial charge in [0.25, 0.3) is 0 Å². The Morgan fingerprint density at radius 3 is 2.31 bits per heavy atom. The van der Waals surface area contributed by atoms with E-state index in [2.05, 4.69) is 5.32 Å². The van der Waals surface area contributed by atoms with Gasteiger partial charge in [-0.3, -0.25) is 9.10 Å². The molecule has 0 heterocycles. The number of halogens is 2. The maximum atomic E-state index is 13.4. The first kappa shape index (κ1) is 19.6. The highest BCUT2D eigenvalue weighted by atomic mass is 32.2. The van der Waals surface area contributed by atoms with Crippen molar-refractivity contribution in [3.63, 3.8) is 0 Å². The highest BCUT2D eigenvalue weighted by Crippen LogP contribution is 2.21. The lowest BCUT2D eigenvalue weighted by Gasteiger charge is -2.22. The third-order valence-electron chi connectivity index (χ3n) is 3.33. The molecule has 0 radical (unpaired) electrons. The Morgan fingerprint density at radius 1 is 1.12 bits per heavy atom. The summed E-state index contributed by atoms with van der Waals surface area (Å²) < 4.78 is 56.3. The van der Waals surface area contributed by atoms with Gasteiger partial charge in [-0.1, -0.05) is 0 Å². The van der Waals surface area contributed by atoms with Crippen LogP contribution in [0.15, 0.2) is 42.5 Å². The number of nitrogens with one attached hydrogen (secondary N) is 1. The first-order valence-electron chi connectivity index (χ1n) is 7.66. The molecule has 0 saturated carbocycles. The number of rotatable bonds is 7. The molecule has 26 heavy (non-hydrogen) atoms. The molecule has 2 aromatic rings. The molecule has 6 nitrogen and oxygen atoms in total. The molecule has 0 aliphatic rings. The lowest BCUT2D eigenvalue weighted by molar-refractivity contribution is -0.114. The molecule has 0 aliphatic heterocycles. The number of sulfonamides is 1. The fourth-order valence-corrected chi connectivity index (χ4v) is 3.02. The van der Waals surface area contributed by atoms with E-state index in [1.807, 2.05) is 6.92 Å². The smallest absolute Gasteiger partial charge is 0.245 e. The van der Waals surface area contributed by atoms with Crippen LogP contribution in [0.4, 0.5) is 20.2 Å². The van der Waals surface area contributed by atoms with Gasteiger partial charge in [-0.25, -0.2) is 17.2 Å². The highest BCUT2D eigenvalue weighted by Gasteiger charge is 2.22. The summed E-state index contributed by atoms with van der Waals surface area (Å²) in [5.74, 6) is -2.32. The number of nitrogens with zero attached hydrogens (tertiary/aromatic N) is 1. The summed E-state index contributed by atoms with van der Waals surface area (Å²) in [7, 11) is -3.89.